The first kappa shape index (κ1) is 15.2. The largest absolute Gasteiger partial charge is 0.382 e. The average molecular weight is 298 g/mol. The van der Waals surface area contributed by atoms with E-state index >= 15 is 0 Å². The zero-order chi connectivity index (χ0) is 15.7. The van der Waals surface area contributed by atoms with Gasteiger partial charge in [-0.05, 0) is 66.0 Å². The zero-order valence-corrected chi connectivity index (χ0v) is 13.5. The minimum Gasteiger partial charge on any atom is -0.382 e. The number of ether oxygens (including phenoxy) is 1. The molecule has 0 saturated carbocycles. The van der Waals surface area contributed by atoms with E-state index in [1.165, 1.54) is 16.7 Å². The Kier molecular flexibility index (Phi) is 4.30. The fraction of sp³-hybridized carbons (Fsp3) is 0.400. The number of hydrogen-bond acceptors (Lipinski definition) is 1. The van der Waals surface area contributed by atoms with E-state index in [9.17, 15) is 4.39 Å². The number of benzene rings is 2. The van der Waals surface area contributed by atoms with Crippen LogP contribution in [0.15, 0.2) is 42.5 Å². The first-order chi connectivity index (χ1) is 10.6. The third kappa shape index (κ3) is 2.80. The van der Waals surface area contributed by atoms with Crippen molar-refractivity contribution < 1.29 is 9.13 Å². The molecule has 2 aromatic carbocycles. The van der Waals surface area contributed by atoms with Crippen molar-refractivity contribution in [2.24, 2.45) is 0 Å². The van der Waals surface area contributed by atoms with Gasteiger partial charge in [0.1, 0.15) is 5.82 Å². The normalized spacial score (nSPS) is 21.6. The smallest absolute Gasteiger partial charge is 0.123 e. The number of methoxy groups -OCH3 is 1. The van der Waals surface area contributed by atoms with Gasteiger partial charge in [0, 0.05) is 7.11 Å². The van der Waals surface area contributed by atoms with E-state index in [4.69, 9.17) is 4.74 Å². The molecule has 1 unspecified atom stereocenters. The van der Waals surface area contributed by atoms with Gasteiger partial charge in [-0.15, -0.1) is 0 Å². The third-order valence-corrected chi connectivity index (χ3v) is 5.03. The number of fused-ring (bicyclic) bond motifs is 2. The van der Waals surface area contributed by atoms with Crippen LogP contribution in [0.5, 0.6) is 0 Å². The molecule has 0 radical (unpaired) electrons. The van der Waals surface area contributed by atoms with Crippen molar-refractivity contribution in [3.05, 3.63) is 70.5 Å². The van der Waals surface area contributed by atoms with Crippen LogP contribution in [0.4, 0.5) is 4.39 Å². The molecule has 0 saturated heterocycles. The molecule has 1 nitrogen and oxygen atoms in total. The summed E-state index contributed by atoms with van der Waals surface area (Å²) in [7, 11) is 1.76. The van der Waals surface area contributed by atoms with Crippen LogP contribution in [0.25, 0.3) is 0 Å². The van der Waals surface area contributed by atoms with Crippen LogP contribution in [0.2, 0.25) is 0 Å². The maximum Gasteiger partial charge on any atom is 0.123 e. The fourth-order valence-electron chi connectivity index (χ4n) is 3.68. The summed E-state index contributed by atoms with van der Waals surface area (Å²) in [6.07, 6.45) is 2.02. The lowest BCUT2D eigenvalue weighted by Crippen LogP contribution is -2.16. The summed E-state index contributed by atoms with van der Waals surface area (Å²) in [5.74, 6) is 0.497. The maximum atomic E-state index is 13.8. The Morgan fingerprint density at radius 2 is 1.86 bits per heavy atom. The molecule has 0 N–H and O–H groups in total. The van der Waals surface area contributed by atoms with Crippen molar-refractivity contribution in [3.8, 4) is 0 Å². The van der Waals surface area contributed by atoms with Gasteiger partial charge in [0.05, 0.1) is 6.10 Å². The Morgan fingerprint density at radius 1 is 1.14 bits per heavy atom. The lowest BCUT2D eigenvalue weighted by Gasteiger charge is -2.27. The number of rotatable bonds is 3. The standard InChI is InChI=1S/C20H23FO/c1-13(22-3)10-20-14(2)19-12-17(21)9-8-16(19)11-15-6-4-5-7-18(15)20/h4-9,12-14,20H,10-11H2,1-3H3/t13-,14?,20+/m1/s1. The maximum absolute atomic E-state index is 13.8. The predicted molar refractivity (Wildman–Crippen MR) is 87.9 cm³/mol. The van der Waals surface area contributed by atoms with Crippen molar-refractivity contribution >= 4 is 0 Å². The average Bonchev–Trinajstić information content (AvgIpc) is 2.64. The van der Waals surface area contributed by atoms with Crippen molar-refractivity contribution in [2.45, 2.75) is 44.6 Å². The van der Waals surface area contributed by atoms with Crippen LogP contribution in [0, 0.1) is 5.82 Å². The van der Waals surface area contributed by atoms with Gasteiger partial charge in [-0.2, -0.15) is 0 Å². The van der Waals surface area contributed by atoms with E-state index in [1.807, 2.05) is 6.07 Å². The third-order valence-electron chi connectivity index (χ3n) is 5.03. The predicted octanol–water partition coefficient (Wildman–Crippen LogP) is 5.04. The number of hydrogen-bond donors (Lipinski definition) is 0. The Labute approximate surface area is 132 Å². The molecule has 2 aromatic rings. The van der Waals surface area contributed by atoms with Gasteiger partial charge in [-0.3, -0.25) is 0 Å². The molecular weight excluding hydrogens is 275 g/mol. The van der Waals surface area contributed by atoms with Crippen LogP contribution in [0.1, 0.15) is 54.4 Å². The molecule has 1 aliphatic rings. The molecule has 0 spiro atoms. The Bertz CT molecular complexity index is 665. The highest BCUT2D eigenvalue weighted by Gasteiger charge is 2.29. The van der Waals surface area contributed by atoms with Crippen molar-refractivity contribution in [1.82, 2.24) is 0 Å². The first-order valence-electron chi connectivity index (χ1n) is 7.99. The summed E-state index contributed by atoms with van der Waals surface area (Å²) in [4.78, 5) is 0. The van der Waals surface area contributed by atoms with Gasteiger partial charge in [-0.1, -0.05) is 37.3 Å². The van der Waals surface area contributed by atoms with E-state index in [-0.39, 0.29) is 17.8 Å². The Morgan fingerprint density at radius 3 is 2.64 bits per heavy atom. The van der Waals surface area contributed by atoms with Gasteiger partial charge >= 0.3 is 0 Å². The summed E-state index contributed by atoms with van der Waals surface area (Å²) in [5.41, 5.74) is 5.13. The van der Waals surface area contributed by atoms with Crippen LogP contribution in [-0.2, 0) is 11.2 Å². The Balaban J connectivity index is 2.11. The quantitative estimate of drug-likeness (QED) is 0.771. The van der Waals surface area contributed by atoms with Crippen LogP contribution in [0.3, 0.4) is 0 Å². The minimum atomic E-state index is -0.143. The van der Waals surface area contributed by atoms with Gasteiger partial charge in [0.25, 0.3) is 0 Å². The molecule has 116 valence electrons. The second kappa shape index (κ2) is 6.21. The molecule has 3 rings (SSSR count). The first-order valence-corrected chi connectivity index (χ1v) is 7.99. The SMILES string of the molecule is CO[C@H](C)C[C@@H]1c2ccccc2Cc2ccc(F)cc2C1C. The lowest BCUT2D eigenvalue weighted by molar-refractivity contribution is 0.102. The van der Waals surface area contributed by atoms with Crippen LogP contribution >= 0.6 is 0 Å². The summed E-state index contributed by atoms with van der Waals surface area (Å²) < 4.78 is 19.3. The van der Waals surface area contributed by atoms with Crippen molar-refractivity contribution in [2.75, 3.05) is 7.11 Å². The topological polar surface area (TPSA) is 9.23 Å². The second-order valence-corrected chi connectivity index (χ2v) is 6.40. The van der Waals surface area contributed by atoms with Crippen molar-refractivity contribution in [3.63, 3.8) is 0 Å². The molecule has 22 heavy (non-hydrogen) atoms. The van der Waals surface area contributed by atoms with E-state index in [0.29, 0.717) is 5.92 Å². The fourth-order valence-corrected chi connectivity index (χ4v) is 3.68. The molecule has 1 aliphatic carbocycles. The van der Waals surface area contributed by atoms with E-state index in [1.54, 1.807) is 19.2 Å². The monoisotopic (exact) mass is 298 g/mol. The van der Waals surface area contributed by atoms with Gasteiger partial charge in [0.2, 0.25) is 0 Å². The van der Waals surface area contributed by atoms with Crippen molar-refractivity contribution in [1.29, 1.82) is 0 Å². The van der Waals surface area contributed by atoms with Crippen LogP contribution in [-0.4, -0.2) is 13.2 Å². The highest BCUT2D eigenvalue weighted by molar-refractivity contribution is 5.45. The molecular formula is C20H23FO. The van der Waals surface area contributed by atoms with Gasteiger partial charge < -0.3 is 4.74 Å². The molecule has 0 heterocycles. The highest BCUT2D eigenvalue weighted by atomic mass is 19.1. The summed E-state index contributed by atoms with van der Waals surface area (Å²) in [5, 5.41) is 0. The zero-order valence-electron chi connectivity index (χ0n) is 13.5. The Hall–Kier alpha value is -1.67. The molecule has 0 fully saturated rings. The summed E-state index contributed by atoms with van der Waals surface area (Å²) in [6, 6.07) is 13.9. The second-order valence-electron chi connectivity index (χ2n) is 6.40. The molecule has 2 heteroatoms. The molecule has 0 aromatic heterocycles. The lowest BCUT2D eigenvalue weighted by atomic mass is 9.79. The number of halogens is 1. The minimum absolute atomic E-state index is 0.143. The highest BCUT2D eigenvalue weighted by Crippen LogP contribution is 2.43. The van der Waals surface area contributed by atoms with Crippen LogP contribution < -0.4 is 0 Å². The molecule has 0 amide bonds. The molecule has 0 bridgehead atoms. The summed E-state index contributed by atoms with van der Waals surface area (Å²) in [6.45, 7) is 4.32. The van der Waals surface area contributed by atoms with Gasteiger partial charge in [0.15, 0.2) is 0 Å². The molecule has 3 atom stereocenters. The van der Waals surface area contributed by atoms with E-state index < -0.39 is 0 Å². The van der Waals surface area contributed by atoms with Gasteiger partial charge in [-0.25, -0.2) is 4.39 Å². The summed E-state index contributed by atoms with van der Waals surface area (Å²) >= 11 is 0. The van der Waals surface area contributed by atoms with E-state index in [0.717, 1.165) is 18.4 Å². The molecule has 0 aliphatic heterocycles. The van der Waals surface area contributed by atoms with E-state index in [2.05, 4.69) is 38.1 Å².